The molecule has 0 saturated carbocycles. The van der Waals surface area contributed by atoms with Crippen molar-refractivity contribution < 1.29 is 9.18 Å². The molecule has 0 bridgehead atoms. The molecule has 1 unspecified atom stereocenters. The topological polar surface area (TPSA) is 44.4 Å². The van der Waals surface area contributed by atoms with Crippen LogP contribution in [0.25, 0.3) is 0 Å². The number of benzene rings is 1. The highest BCUT2D eigenvalue weighted by molar-refractivity contribution is 7.07. The van der Waals surface area contributed by atoms with Crippen LogP contribution in [0.3, 0.4) is 0 Å². The first-order valence-electron chi connectivity index (χ1n) is 7.79. The van der Waals surface area contributed by atoms with Crippen LogP contribution in [0.4, 0.5) is 14.9 Å². The average Bonchev–Trinajstić information content (AvgIpc) is 3.24. The summed E-state index contributed by atoms with van der Waals surface area (Å²) in [5, 5.41) is 9.87. The van der Waals surface area contributed by atoms with E-state index in [0.717, 1.165) is 13.1 Å². The van der Waals surface area contributed by atoms with E-state index in [2.05, 4.69) is 32.4 Å². The molecule has 2 amide bonds. The van der Waals surface area contributed by atoms with Crippen molar-refractivity contribution in [1.82, 2.24) is 10.2 Å². The molecule has 1 aromatic carbocycles. The number of amides is 2. The van der Waals surface area contributed by atoms with E-state index in [4.69, 9.17) is 0 Å². The first-order chi connectivity index (χ1) is 11.2. The SMILES string of the molecule is O=C(NCC(c1ccsc1)N1CCCC1)Nc1ccc(F)cc1. The highest BCUT2D eigenvalue weighted by atomic mass is 32.1. The fraction of sp³-hybridized carbons (Fsp3) is 0.353. The van der Waals surface area contributed by atoms with Gasteiger partial charge in [-0.2, -0.15) is 11.3 Å². The normalized spacial score (nSPS) is 16.2. The van der Waals surface area contributed by atoms with Gasteiger partial charge in [-0.25, -0.2) is 9.18 Å². The lowest BCUT2D eigenvalue weighted by Gasteiger charge is -2.27. The van der Waals surface area contributed by atoms with Crippen molar-refractivity contribution in [2.75, 3.05) is 25.0 Å². The first kappa shape index (κ1) is 16.0. The molecule has 2 heterocycles. The second-order valence-electron chi connectivity index (χ2n) is 5.66. The van der Waals surface area contributed by atoms with E-state index in [-0.39, 0.29) is 17.9 Å². The third kappa shape index (κ3) is 4.30. The second-order valence-corrected chi connectivity index (χ2v) is 6.44. The van der Waals surface area contributed by atoms with Crippen LogP contribution >= 0.6 is 11.3 Å². The maximum atomic E-state index is 12.9. The molecule has 23 heavy (non-hydrogen) atoms. The summed E-state index contributed by atoms with van der Waals surface area (Å²) in [6.07, 6.45) is 2.42. The zero-order valence-corrected chi connectivity index (χ0v) is 13.6. The second kappa shape index (κ2) is 7.57. The third-order valence-electron chi connectivity index (χ3n) is 4.07. The minimum absolute atomic E-state index is 0.211. The highest BCUT2D eigenvalue weighted by Crippen LogP contribution is 2.26. The molecule has 4 nitrogen and oxygen atoms in total. The van der Waals surface area contributed by atoms with E-state index in [1.807, 2.05) is 0 Å². The Morgan fingerprint density at radius 1 is 1.22 bits per heavy atom. The lowest BCUT2D eigenvalue weighted by Crippen LogP contribution is -2.38. The van der Waals surface area contributed by atoms with Gasteiger partial charge in [0, 0.05) is 12.2 Å². The van der Waals surface area contributed by atoms with Gasteiger partial charge in [0.05, 0.1) is 6.04 Å². The molecule has 0 aliphatic carbocycles. The molecule has 1 saturated heterocycles. The summed E-state index contributed by atoms with van der Waals surface area (Å²) in [5.74, 6) is -0.317. The average molecular weight is 333 g/mol. The van der Waals surface area contributed by atoms with Crippen LogP contribution in [0.5, 0.6) is 0 Å². The Kier molecular flexibility index (Phi) is 5.25. The van der Waals surface area contributed by atoms with Gasteiger partial charge < -0.3 is 10.6 Å². The number of nitrogens with one attached hydrogen (secondary N) is 2. The number of carbonyl (C=O) groups is 1. The van der Waals surface area contributed by atoms with Gasteiger partial charge in [0.15, 0.2) is 0 Å². The largest absolute Gasteiger partial charge is 0.336 e. The van der Waals surface area contributed by atoms with E-state index < -0.39 is 0 Å². The van der Waals surface area contributed by atoms with Gasteiger partial charge in [-0.1, -0.05) is 0 Å². The van der Waals surface area contributed by atoms with Crippen molar-refractivity contribution in [3.63, 3.8) is 0 Å². The van der Waals surface area contributed by atoms with Crippen molar-refractivity contribution in [3.8, 4) is 0 Å². The molecule has 1 aliphatic rings. The van der Waals surface area contributed by atoms with Crippen molar-refractivity contribution in [2.24, 2.45) is 0 Å². The van der Waals surface area contributed by atoms with Gasteiger partial charge in [0.1, 0.15) is 5.82 Å². The number of hydrogen-bond donors (Lipinski definition) is 2. The molecule has 1 aliphatic heterocycles. The van der Waals surface area contributed by atoms with Gasteiger partial charge in [-0.05, 0) is 72.6 Å². The molecule has 3 rings (SSSR count). The Bertz CT molecular complexity index is 624. The molecule has 2 aromatic rings. The van der Waals surface area contributed by atoms with Gasteiger partial charge in [-0.3, -0.25) is 4.90 Å². The third-order valence-corrected chi connectivity index (χ3v) is 4.77. The van der Waals surface area contributed by atoms with Crippen LogP contribution in [-0.2, 0) is 0 Å². The number of carbonyl (C=O) groups excluding carboxylic acids is 1. The lowest BCUT2D eigenvalue weighted by molar-refractivity contribution is 0.228. The van der Waals surface area contributed by atoms with Crippen molar-refractivity contribution in [2.45, 2.75) is 18.9 Å². The summed E-state index contributed by atoms with van der Waals surface area (Å²) in [6.45, 7) is 2.70. The maximum absolute atomic E-state index is 12.9. The number of thiophene rings is 1. The zero-order chi connectivity index (χ0) is 16.1. The highest BCUT2D eigenvalue weighted by Gasteiger charge is 2.24. The van der Waals surface area contributed by atoms with E-state index >= 15 is 0 Å². The monoisotopic (exact) mass is 333 g/mol. The van der Waals surface area contributed by atoms with Gasteiger partial charge in [0.25, 0.3) is 0 Å². The quantitative estimate of drug-likeness (QED) is 0.873. The van der Waals surface area contributed by atoms with Crippen LogP contribution in [0.15, 0.2) is 41.1 Å². The van der Waals surface area contributed by atoms with Gasteiger partial charge in [-0.15, -0.1) is 0 Å². The number of halogens is 1. The van der Waals surface area contributed by atoms with Crippen LogP contribution in [-0.4, -0.2) is 30.6 Å². The lowest BCUT2D eigenvalue weighted by atomic mass is 10.1. The smallest absolute Gasteiger partial charge is 0.319 e. The van der Waals surface area contributed by atoms with Crippen molar-refractivity contribution in [3.05, 3.63) is 52.5 Å². The van der Waals surface area contributed by atoms with Crippen LogP contribution in [0.2, 0.25) is 0 Å². The number of anilines is 1. The predicted molar refractivity (Wildman–Crippen MR) is 91.3 cm³/mol. The van der Waals surface area contributed by atoms with E-state index in [9.17, 15) is 9.18 Å². The molecule has 1 aromatic heterocycles. The summed E-state index contributed by atoms with van der Waals surface area (Å²) in [7, 11) is 0. The Morgan fingerprint density at radius 2 is 1.96 bits per heavy atom. The van der Waals surface area contributed by atoms with Gasteiger partial charge >= 0.3 is 6.03 Å². The number of likely N-dealkylation sites (tertiary alicyclic amines) is 1. The fourth-order valence-corrected chi connectivity index (χ4v) is 3.58. The maximum Gasteiger partial charge on any atom is 0.319 e. The molecule has 2 N–H and O–H groups in total. The number of rotatable bonds is 5. The van der Waals surface area contributed by atoms with Crippen molar-refractivity contribution >= 4 is 23.1 Å². The molecule has 1 fully saturated rings. The molecule has 6 heteroatoms. The summed E-state index contributed by atoms with van der Waals surface area (Å²) in [5.41, 5.74) is 1.83. The molecular formula is C17H20FN3OS. The summed E-state index contributed by atoms with van der Waals surface area (Å²) >= 11 is 1.67. The van der Waals surface area contributed by atoms with Crippen LogP contribution in [0.1, 0.15) is 24.4 Å². The molecule has 0 radical (unpaired) electrons. The van der Waals surface area contributed by atoms with E-state index in [0.29, 0.717) is 12.2 Å². The number of urea groups is 1. The van der Waals surface area contributed by atoms with E-state index in [1.54, 1.807) is 23.5 Å². The summed E-state index contributed by atoms with van der Waals surface area (Å²) in [4.78, 5) is 14.5. The van der Waals surface area contributed by atoms with Crippen LogP contribution < -0.4 is 10.6 Å². The Hall–Kier alpha value is -1.92. The Labute approximate surface area is 139 Å². The Morgan fingerprint density at radius 3 is 2.61 bits per heavy atom. The fourth-order valence-electron chi connectivity index (χ4n) is 2.87. The standard InChI is InChI=1S/C17H20FN3OS/c18-14-3-5-15(6-4-14)20-17(22)19-11-16(13-7-10-23-12-13)21-8-1-2-9-21/h3-7,10,12,16H,1-2,8-9,11H2,(H2,19,20,22). The number of hydrogen-bond acceptors (Lipinski definition) is 3. The molecule has 122 valence electrons. The number of nitrogens with zero attached hydrogens (tertiary/aromatic N) is 1. The minimum atomic E-state index is -0.317. The first-order valence-corrected chi connectivity index (χ1v) is 8.73. The Balaban J connectivity index is 1.57. The molecule has 0 spiro atoms. The predicted octanol–water partition coefficient (Wildman–Crippen LogP) is 3.85. The van der Waals surface area contributed by atoms with Crippen LogP contribution in [0, 0.1) is 5.82 Å². The van der Waals surface area contributed by atoms with E-state index in [1.165, 1.54) is 30.5 Å². The summed E-state index contributed by atoms with van der Waals surface area (Å²) < 4.78 is 12.9. The van der Waals surface area contributed by atoms with Gasteiger partial charge in [0.2, 0.25) is 0 Å². The molecule has 1 atom stereocenters. The zero-order valence-electron chi connectivity index (χ0n) is 12.8. The molecular weight excluding hydrogens is 313 g/mol. The van der Waals surface area contributed by atoms with Crippen molar-refractivity contribution in [1.29, 1.82) is 0 Å². The summed E-state index contributed by atoms with van der Waals surface area (Å²) in [6, 6.07) is 7.81. The minimum Gasteiger partial charge on any atom is -0.336 e.